The summed E-state index contributed by atoms with van der Waals surface area (Å²) in [5, 5.41) is 14.8. The summed E-state index contributed by atoms with van der Waals surface area (Å²) in [6, 6.07) is 0. The van der Waals surface area contributed by atoms with E-state index in [-0.39, 0.29) is 0 Å². The van der Waals surface area contributed by atoms with Crippen LogP contribution in [0.4, 0.5) is 0 Å². The van der Waals surface area contributed by atoms with Crippen LogP contribution in [0.5, 0.6) is 0 Å². The molecule has 0 saturated carbocycles. The van der Waals surface area contributed by atoms with Crippen LogP contribution in [-0.4, -0.2) is 26.3 Å². The minimum atomic E-state index is -5.38. The quantitative estimate of drug-likeness (QED) is 0.314. The molecule has 66 valence electrons. The molecular formula is C2H3MnO8. The first-order valence-corrected chi connectivity index (χ1v) is 3.71. The van der Waals surface area contributed by atoms with Crippen LogP contribution in [0.2, 0.25) is 0 Å². The van der Waals surface area contributed by atoms with Crippen molar-refractivity contribution in [3.63, 3.8) is 0 Å². The maximum atomic E-state index is 9.10. The first-order valence-electron chi connectivity index (χ1n) is 1.74. The molecule has 0 spiro atoms. The van der Waals surface area contributed by atoms with Crippen molar-refractivity contribution < 1.29 is 48.5 Å². The molecule has 0 aromatic rings. The Kier molecular flexibility index (Phi) is 5.23. The van der Waals surface area contributed by atoms with Crippen molar-refractivity contribution in [3.05, 3.63) is 0 Å². The first-order chi connectivity index (χ1) is 4.64. The molecule has 0 atom stereocenters. The maximum absolute atomic E-state index is 9.10. The number of carbonyl (C=O) groups is 2. The number of rotatable bonds is 0. The summed E-state index contributed by atoms with van der Waals surface area (Å²) in [4.78, 5) is 18.2. The average Bonchev–Trinajstić information content (AvgIpc) is 1.59. The first kappa shape index (κ1) is 12.5. The third-order valence-corrected chi connectivity index (χ3v) is 0.183. The number of aliphatic carboxylic acids is 2. The van der Waals surface area contributed by atoms with Gasteiger partial charge in [-0.25, -0.2) is 9.59 Å². The zero-order valence-corrected chi connectivity index (χ0v) is 5.94. The van der Waals surface area contributed by atoms with Gasteiger partial charge in [-0.15, -0.1) is 0 Å². The zero-order chi connectivity index (χ0) is 9.65. The Balaban J connectivity index is 0. The summed E-state index contributed by atoms with van der Waals surface area (Å²) in [6.45, 7) is 0. The van der Waals surface area contributed by atoms with Crippen LogP contribution in [0.1, 0.15) is 0 Å². The number of hydrogen-bond acceptors (Lipinski definition) is 5. The molecule has 0 unspecified atom stereocenters. The second-order valence-electron chi connectivity index (χ2n) is 1.01. The topological polar surface area (TPSA) is 146 Å². The molecule has 9 heteroatoms. The van der Waals surface area contributed by atoms with Crippen LogP contribution in [0.3, 0.4) is 0 Å². The fourth-order valence-corrected chi connectivity index (χ4v) is 0. The molecule has 0 aromatic carbocycles. The van der Waals surface area contributed by atoms with Crippen LogP contribution in [-0.2, 0) is 34.1 Å². The van der Waals surface area contributed by atoms with Gasteiger partial charge in [0, 0.05) is 0 Å². The normalized spacial score (nSPS) is 9.18. The molecule has 0 amide bonds. The van der Waals surface area contributed by atoms with Gasteiger partial charge in [0.05, 0.1) is 0 Å². The van der Waals surface area contributed by atoms with Crippen molar-refractivity contribution in [3.8, 4) is 0 Å². The monoisotopic (exact) mass is 210 g/mol. The van der Waals surface area contributed by atoms with Crippen molar-refractivity contribution in [1.82, 2.24) is 0 Å². The summed E-state index contributed by atoms with van der Waals surface area (Å²) in [5.41, 5.74) is 0. The van der Waals surface area contributed by atoms with Gasteiger partial charge in [-0.3, -0.25) is 0 Å². The van der Waals surface area contributed by atoms with Crippen molar-refractivity contribution in [2.24, 2.45) is 0 Å². The van der Waals surface area contributed by atoms with Crippen LogP contribution in [0.15, 0.2) is 0 Å². The van der Waals surface area contributed by atoms with Crippen molar-refractivity contribution >= 4 is 11.9 Å². The second kappa shape index (κ2) is 4.61. The summed E-state index contributed by atoms with van der Waals surface area (Å²) < 4.78 is 33.1. The van der Waals surface area contributed by atoms with E-state index in [9.17, 15) is 0 Å². The Morgan fingerprint density at radius 2 is 1.00 bits per heavy atom. The molecule has 0 aliphatic carbocycles. The SMILES string of the molecule is O=C(O)C(=O)O.[O]=[Mn](=[O])(=[O])[OH]. The van der Waals surface area contributed by atoms with Gasteiger partial charge in [-0.1, -0.05) is 0 Å². The third-order valence-electron chi connectivity index (χ3n) is 0.183. The Hall–Kier alpha value is -1.18. The van der Waals surface area contributed by atoms with Gasteiger partial charge >= 0.3 is 40.6 Å². The van der Waals surface area contributed by atoms with Crippen LogP contribution < -0.4 is 0 Å². The molecular weight excluding hydrogens is 207 g/mol. The van der Waals surface area contributed by atoms with Crippen LogP contribution in [0, 0.1) is 0 Å². The van der Waals surface area contributed by atoms with Gasteiger partial charge in [0.15, 0.2) is 0 Å². The fourth-order valence-electron chi connectivity index (χ4n) is 0. The van der Waals surface area contributed by atoms with Gasteiger partial charge in [0.25, 0.3) is 0 Å². The van der Waals surface area contributed by atoms with E-state index in [2.05, 4.69) is 0 Å². The van der Waals surface area contributed by atoms with E-state index in [4.69, 9.17) is 35.5 Å². The molecule has 0 aliphatic heterocycles. The van der Waals surface area contributed by atoms with Gasteiger partial charge < -0.3 is 10.2 Å². The van der Waals surface area contributed by atoms with E-state index in [1.165, 1.54) is 0 Å². The summed E-state index contributed by atoms with van der Waals surface area (Å²) in [5.74, 6) is -3.65. The van der Waals surface area contributed by atoms with E-state index in [1.807, 2.05) is 0 Å². The molecule has 11 heavy (non-hydrogen) atoms. The summed E-state index contributed by atoms with van der Waals surface area (Å²) >= 11 is -5.38. The van der Waals surface area contributed by atoms with E-state index in [1.54, 1.807) is 0 Å². The molecule has 8 nitrogen and oxygen atoms in total. The summed E-state index contributed by atoms with van der Waals surface area (Å²) in [7, 11) is 0. The number of carboxylic acids is 2. The van der Waals surface area contributed by atoms with Crippen molar-refractivity contribution in [1.29, 1.82) is 0 Å². The van der Waals surface area contributed by atoms with Gasteiger partial charge in [0.2, 0.25) is 0 Å². The minimum absolute atomic E-state index is 1.82. The Morgan fingerprint density at radius 1 is 0.909 bits per heavy atom. The van der Waals surface area contributed by atoms with Crippen molar-refractivity contribution in [2.75, 3.05) is 0 Å². The predicted octanol–water partition coefficient (Wildman–Crippen LogP) is -1.76. The fraction of sp³-hybridized carbons (Fsp3) is 0. The molecule has 0 bridgehead atoms. The molecule has 0 rings (SSSR count). The average molecular weight is 210 g/mol. The molecule has 0 fully saturated rings. The third kappa shape index (κ3) is 51.6. The van der Waals surface area contributed by atoms with Crippen LogP contribution >= 0.6 is 0 Å². The van der Waals surface area contributed by atoms with E-state index < -0.39 is 24.9 Å². The zero-order valence-electron chi connectivity index (χ0n) is 4.76. The van der Waals surface area contributed by atoms with E-state index in [0.717, 1.165) is 0 Å². The van der Waals surface area contributed by atoms with Gasteiger partial charge in [-0.05, 0) is 0 Å². The molecule has 0 heterocycles. The molecule has 0 saturated heterocycles. The number of carboxylic acid groups (broad SMARTS) is 2. The Morgan fingerprint density at radius 3 is 1.00 bits per heavy atom. The molecule has 0 aliphatic rings. The molecule has 0 radical (unpaired) electrons. The van der Waals surface area contributed by atoms with Crippen LogP contribution in [0.25, 0.3) is 0 Å². The van der Waals surface area contributed by atoms with Gasteiger partial charge in [0.1, 0.15) is 0 Å². The number of hydrogen-bond donors (Lipinski definition) is 3. The molecule has 3 N–H and O–H groups in total. The van der Waals surface area contributed by atoms with E-state index in [0.29, 0.717) is 0 Å². The molecule has 0 aromatic heterocycles. The second-order valence-corrected chi connectivity index (χ2v) is 2.24. The Bertz CT molecular complexity index is 262. The van der Waals surface area contributed by atoms with Gasteiger partial charge in [-0.2, -0.15) is 0 Å². The standard InChI is InChI=1S/C2H2O4.Mn.H2O.3O/c3-1(4)2(5)6;;;;;/h(H,3,4)(H,5,6);;1H2;;;/q;+1;;;;/p-1. The Labute approximate surface area is 61.2 Å². The van der Waals surface area contributed by atoms with E-state index >= 15 is 0 Å². The summed E-state index contributed by atoms with van der Waals surface area (Å²) in [6.07, 6.45) is 0. The van der Waals surface area contributed by atoms with Crippen molar-refractivity contribution in [2.45, 2.75) is 0 Å². The predicted molar refractivity (Wildman–Crippen MR) is 19.5 cm³/mol.